The molecular weight excluding hydrogens is 244 g/mol. The molecule has 0 saturated carbocycles. The van der Waals surface area contributed by atoms with Gasteiger partial charge in [-0.15, -0.1) is 0 Å². The van der Waals surface area contributed by atoms with Gasteiger partial charge in [-0.25, -0.2) is 0 Å². The van der Waals surface area contributed by atoms with Gasteiger partial charge in [0.15, 0.2) is 0 Å². The molecule has 0 saturated heterocycles. The molecule has 0 amide bonds. The molecule has 0 bridgehead atoms. The van der Waals surface area contributed by atoms with E-state index in [2.05, 4.69) is 32.8 Å². The van der Waals surface area contributed by atoms with Gasteiger partial charge in [-0.3, -0.25) is 4.79 Å². The summed E-state index contributed by atoms with van der Waals surface area (Å²) in [5, 5.41) is 9.40. The van der Waals surface area contributed by atoms with Gasteiger partial charge in [0.05, 0.1) is 0 Å². The van der Waals surface area contributed by atoms with Crippen molar-refractivity contribution in [1.82, 2.24) is 4.98 Å². The lowest BCUT2D eigenvalue weighted by atomic mass is 10.2. The highest BCUT2D eigenvalue weighted by Crippen LogP contribution is 1.95. The van der Waals surface area contributed by atoms with Crippen LogP contribution in [-0.2, 0) is 0 Å². The lowest BCUT2D eigenvalue weighted by molar-refractivity contribution is 1.20. The van der Waals surface area contributed by atoms with Crippen LogP contribution in [0.4, 0.5) is 0 Å². The summed E-state index contributed by atoms with van der Waals surface area (Å²) in [5.41, 5.74) is 0.372. The summed E-state index contributed by atoms with van der Waals surface area (Å²) < 4.78 is 0. The van der Waals surface area contributed by atoms with Crippen LogP contribution in [0, 0.1) is 23.2 Å². The first-order valence-electron chi connectivity index (χ1n) is 3.95. The maximum absolute atomic E-state index is 11.0. The monoisotopic (exact) mass is 250 g/mol. The van der Waals surface area contributed by atoms with Gasteiger partial charge in [-0.05, 0) is 6.07 Å². The van der Waals surface area contributed by atoms with E-state index in [9.17, 15) is 4.79 Å². The number of aromatic amines is 1. The van der Waals surface area contributed by atoms with E-state index in [1.165, 1.54) is 12.3 Å². The number of nitrogens with one attached hydrogen (secondary N) is 1. The van der Waals surface area contributed by atoms with Gasteiger partial charge in [0, 0.05) is 23.5 Å². The molecule has 1 rings (SSSR count). The predicted octanol–water partition coefficient (Wildman–Crippen LogP) is 1.38. The third-order valence-corrected chi connectivity index (χ3v) is 1.87. The van der Waals surface area contributed by atoms with E-state index in [4.69, 9.17) is 5.26 Å². The van der Waals surface area contributed by atoms with Crippen LogP contribution in [0.3, 0.4) is 0 Å². The molecule has 0 spiro atoms. The molecule has 1 aromatic heterocycles. The van der Waals surface area contributed by atoms with Crippen molar-refractivity contribution in [2.45, 2.75) is 6.42 Å². The number of pyridine rings is 1. The van der Waals surface area contributed by atoms with Crippen molar-refractivity contribution in [1.29, 1.82) is 5.26 Å². The Morgan fingerprint density at radius 2 is 2.36 bits per heavy atom. The Kier molecular flexibility index (Phi) is 3.97. The fraction of sp³-hybridized carbons (Fsp3) is 0.200. The summed E-state index contributed by atoms with van der Waals surface area (Å²) in [7, 11) is 0. The van der Waals surface area contributed by atoms with Crippen LogP contribution in [-0.4, -0.2) is 10.3 Å². The number of nitrogens with zero attached hydrogens (tertiary/aromatic N) is 1. The Bertz CT molecular complexity index is 473. The smallest absolute Gasteiger partial charge is 0.265 e. The molecule has 0 aliphatic heterocycles. The standard InChI is InChI=1S/C10H7BrN2O/c11-4-2-1-3-8-5-9(6-12)10(14)13-7-8/h5,7H,2,4H2,(H,13,14). The number of hydrogen-bond donors (Lipinski definition) is 1. The molecular formula is C10H7BrN2O. The van der Waals surface area contributed by atoms with Gasteiger partial charge < -0.3 is 4.98 Å². The van der Waals surface area contributed by atoms with Gasteiger partial charge in [0.1, 0.15) is 11.6 Å². The zero-order chi connectivity index (χ0) is 10.4. The fourth-order valence-corrected chi connectivity index (χ4v) is 1.05. The first-order valence-corrected chi connectivity index (χ1v) is 5.07. The van der Waals surface area contributed by atoms with E-state index < -0.39 is 0 Å². The highest BCUT2D eigenvalue weighted by molar-refractivity contribution is 9.09. The molecule has 0 fully saturated rings. The fourth-order valence-electron chi connectivity index (χ4n) is 0.851. The van der Waals surface area contributed by atoms with Crippen molar-refractivity contribution in [3.63, 3.8) is 0 Å². The highest BCUT2D eigenvalue weighted by Gasteiger charge is 1.97. The molecule has 0 radical (unpaired) electrons. The van der Waals surface area contributed by atoms with E-state index in [0.717, 1.165) is 11.8 Å². The van der Waals surface area contributed by atoms with Crippen LogP contribution in [0.5, 0.6) is 0 Å². The summed E-state index contributed by atoms with van der Waals surface area (Å²) in [6, 6.07) is 3.29. The zero-order valence-electron chi connectivity index (χ0n) is 7.30. The Hall–Kier alpha value is -1.52. The minimum atomic E-state index is -0.376. The van der Waals surface area contributed by atoms with Crippen LogP contribution >= 0.6 is 15.9 Å². The maximum atomic E-state index is 11.0. The van der Waals surface area contributed by atoms with Gasteiger partial charge in [-0.1, -0.05) is 27.8 Å². The predicted molar refractivity (Wildman–Crippen MR) is 57.1 cm³/mol. The molecule has 0 atom stereocenters. The normalized spacial score (nSPS) is 8.57. The second-order valence-corrected chi connectivity index (χ2v) is 3.28. The van der Waals surface area contributed by atoms with Gasteiger partial charge >= 0.3 is 0 Å². The number of aromatic nitrogens is 1. The number of hydrogen-bond acceptors (Lipinski definition) is 2. The Labute approximate surface area is 89.9 Å². The SMILES string of the molecule is N#Cc1cc(C#CCCBr)c[nH]c1=O. The Morgan fingerprint density at radius 3 is 3.00 bits per heavy atom. The van der Waals surface area contributed by atoms with Crippen molar-refractivity contribution < 1.29 is 0 Å². The zero-order valence-corrected chi connectivity index (χ0v) is 8.89. The first kappa shape index (κ1) is 10.6. The van der Waals surface area contributed by atoms with Crippen molar-refractivity contribution >= 4 is 15.9 Å². The lowest BCUT2D eigenvalue weighted by Crippen LogP contribution is -2.09. The van der Waals surface area contributed by atoms with E-state index >= 15 is 0 Å². The van der Waals surface area contributed by atoms with E-state index in [1.807, 2.05) is 0 Å². The molecule has 0 unspecified atom stereocenters. The van der Waals surface area contributed by atoms with Crippen molar-refractivity contribution in [3.05, 3.63) is 33.7 Å². The molecule has 0 aromatic carbocycles. The second kappa shape index (κ2) is 5.26. The molecule has 3 nitrogen and oxygen atoms in total. The number of halogens is 1. The molecule has 4 heteroatoms. The Balaban J connectivity index is 2.99. The molecule has 1 heterocycles. The molecule has 1 N–H and O–H groups in total. The average Bonchev–Trinajstić information content (AvgIpc) is 2.21. The average molecular weight is 251 g/mol. The highest BCUT2D eigenvalue weighted by atomic mass is 79.9. The van der Waals surface area contributed by atoms with E-state index in [1.54, 1.807) is 6.07 Å². The largest absolute Gasteiger partial charge is 0.327 e. The van der Waals surface area contributed by atoms with Crippen molar-refractivity contribution in [2.75, 3.05) is 5.33 Å². The summed E-state index contributed by atoms with van der Waals surface area (Å²) in [4.78, 5) is 13.5. The molecule has 70 valence electrons. The lowest BCUT2D eigenvalue weighted by Gasteiger charge is -1.90. The molecule has 14 heavy (non-hydrogen) atoms. The minimum Gasteiger partial charge on any atom is -0.327 e. The second-order valence-electron chi connectivity index (χ2n) is 2.48. The number of H-pyrrole nitrogens is 1. The number of rotatable bonds is 1. The number of alkyl halides is 1. The topological polar surface area (TPSA) is 56.6 Å². The van der Waals surface area contributed by atoms with Crippen molar-refractivity contribution in [3.8, 4) is 17.9 Å². The van der Waals surface area contributed by atoms with Gasteiger partial charge in [-0.2, -0.15) is 5.26 Å². The molecule has 1 aromatic rings. The van der Waals surface area contributed by atoms with E-state index in [-0.39, 0.29) is 11.1 Å². The van der Waals surface area contributed by atoms with Gasteiger partial charge in [0.25, 0.3) is 5.56 Å². The summed E-state index contributed by atoms with van der Waals surface area (Å²) in [6.07, 6.45) is 2.24. The maximum Gasteiger partial charge on any atom is 0.265 e. The van der Waals surface area contributed by atoms with Crippen LogP contribution in [0.15, 0.2) is 17.1 Å². The summed E-state index contributed by atoms with van der Waals surface area (Å²) in [5.74, 6) is 5.74. The van der Waals surface area contributed by atoms with Crippen LogP contribution in [0.2, 0.25) is 0 Å². The van der Waals surface area contributed by atoms with Gasteiger partial charge in [0.2, 0.25) is 0 Å². The third kappa shape index (κ3) is 2.76. The first-order chi connectivity index (χ1) is 6.77. The van der Waals surface area contributed by atoms with Crippen LogP contribution in [0.25, 0.3) is 0 Å². The Morgan fingerprint density at radius 1 is 1.57 bits per heavy atom. The van der Waals surface area contributed by atoms with Crippen LogP contribution in [0.1, 0.15) is 17.5 Å². The van der Waals surface area contributed by atoms with E-state index in [0.29, 0.717) is 5.56 Å². The molecule has 0 aliphatic rings. The summed E-state index contributed by atoms with van der Waals surface area (Å²) >= 11 is 3.25. The molecule has 0 aliphatic carbocycles. The summed E-state index contributed by atoms with van der Waals surface area (Å²) in [6.45, 7) is 0. The van der Waals surface area contributed by atoms with Crippen LogP contribution < -0.4 is 5.56 Å². The number of nitriles is 1. The minimum absolute atomic E-state index is 0.0932. The quantitative estimate of drug-likeness (QED) is 0.605. The van der Waals surface area contributed by atoms with Crippen molar-refractivity contribution in [2.24, 2.45) is 0 Å². The third-order valence-electron chi connectivity index (χ3n) is 1.48.